The summed E-state index contributed by atoms with van der Waals surface area (Å²) in [6.45, 7) is 6.05. The molecule has 3 nitrogen and oxygen atoms in total. The van der Waals surface area contributed by atoms with Crippen molar-refractivity contribution in [2.75, 3.05) is 26.4 Å². The summed E-state index contributed by atoms with van der Waals surface area (Å²) in [6.07, 6.45) is 7.14. The van der Waals surface area contributed by atoms with Crippen LogP contribution < -0.4 is 5.32 Å². The van der Waals surface area contributed by atoms with Crippen LogP contribution in [0, 0.1) is 11.3 Å². The summed E-state index contributed by atoms with van der Waals surface area (Å²) in [7, 11) is 0. The minimum atomic E-state index is 0.509. The highest BCUT2D eigenvalue weighted by Gasteiger charge is 2.58. The highest BCUT2D eigenvalue weighted by molar-refractivity contribution is 5.12. The summed E-state index contributed by atoms with van der Waals surface area (Å²) in [4.78, 5) is 0. The average Bonchev–Trinajstić information content (AvgIpc) is 2.72. The van der Waals surface area contributed by atoms with Crippen LogP contribution in [0.25, 0.3) is 0 Å². The van der Waals surface area contributed by atoms with E-state index in [9.17, 15) is 0 Å². The van der Waals surface area contributed by atoms with Gasteiger partial charge in [-0.2, -0.15) is 0 Å². The number of rotatable bonds is 5. The Kier molecular flexibility index (Phi) is 3.42. The van der Waals surface area contributed by atoms with Crippen LogP contribution in [0.3, 0.4) is 0 Å². The van der Waals surface area contributed by atoms with Gasteiger partial charge in [-0.15, -0.1) is 0 Å². The SMILES string of the molecule is CCOC1CC(NCC2CCOC2)C12CCC2. The number of hydrogen-bond acceptors (Lipinski definition) is 3. The van der Waals surface area contributed by atoms with Gasteiger partial charge in [0.1, 0.15) is 0 Å². The molecule has 3 atom stereocenters. The average molecular weight is 239 g/mol. The van der Waals surface area contributed by atoms with Crippen molar-refractivity contribution >= 4 is 0 Å². The summed E-state index contributed by atoms with van der Waals surface area (Å²) >= 11 is 0. The van der Waals surface area contributed by atoms with Gasteiger partial charge in [-0.25, -0.2) is 0 Å². The molecule has 0 bridgehead atoms. The van der Waals surface area contributed by atoms with Gasteiger partial charge in [0.2, 0.25) is 0 Å². The van der Waals surface area contributed by atoms with E-state index in [1.807, 2.05) is 0 Å². The predicted octanol–water partition coefficient (Wildman–Crippen LogP) is 1.96. The second-order valence-corrected chi connectivity index (χ2v) is 5.96. The van der Waals surface area contributed by atoms with E-state index in [1.165, 1.54) is 32.1 Å². The van der Waals surface area contributed by atoms with Crippen molar-refractivity contribution in [3.63, 3.8) is 0 Å². The summed E-state index contributed by atoms with van der Waals surface area (Å²) in [5.74, 6) is 0.748. The minimum absolute atomic E-state index is 0.509. The zero-order valence-corrected chi connectivity index (χ0v) is 10.9. The van der Waals surface area contributed by atoms with E-state index in [-0.39, 0.29) is 0 Å². The summed E-state index contributed by atoms with van der Waals surface area (Å²) in [5, 5.41) is 3.78. The molecule has 1 spiro atoms. The lowest BCUT2D eigenvalue weighted by molar-refractivity contribution is -0.173. The third-order valence-corrected chi connectivity index (χ3v) is 5.11. The van der Waals surface area contributed by atoms with Gasteiger partial charge in [0.15, 0.2) is 0 Å². The van der Waals surface area contributed by atoms with Gasteiger partial charge in [0, 0.05) is 31.2 Å². The third-order valence-electron chi connectivity index (χ3n) is 5.11. The summed E-state index contributed by atoms with van der Waals surface area (Å²) in [5.41, 5.74) is 0.509. The van der Waals surface area contributed by atoms with Crippen molar-refractivity contribution in [2.45, 2.75) is 51.2 Å². The van der Waals surface area contributed by atoms with Gasteiger partial charge < -0.3 is 14.8 Å². The van der Waals surface area contributed by atoms with E-state index in [0.29, 0.717) is 17.6 Å². The van der Waals surface area contributed by atoms with Crippen LogP contribution in [-0.4, -0.2) is 38.5 Å². The maximum atomic E-state index is 5.87. The number of ether oxygens (including phenoxy) is 2. The van der Waals surface area contributed by atoms with E-state index < -0.39 is 0 Å². The van der Waals surface area contributed by atoms with Crippen LogP contribution in [0.15, 0.2) is 0 Å². The Morgan fingerprint density at radius 2 is 2.29 bits per heavy atom. The Morgan fingerprint density at radius 1 is 1.41 bits per heavy atom. The second-order valence-electron chi connectivity index (χ2n) is 5.96. The molecular formula is C14H25NO2. The lowest BCUT2D eigenvalue weighted by Gasteiger charge is -2.61. The van der Waals surface area contributed by atoms with Gasteiger partial charge in [-0.1, -0.05) is 6.42 Å². The van der Waals surface area contributed by atoms with Crippen LogP contribution in [0.4, 0.5) is 0 Å². The second kappa shape index (κ2) is 4.87. The van der Waals surface area contributed by atoms with Crippen molar-refractivity contribution in [3.8, 4) is 0 Å². The number of nitrogens with one attached hydrogen (secondary N) is 1. The van der Waals surface area contributed by atoms with E-state index >= 15 is 0 Å². The van der Waals surface area contributed by atoms with Gasteiger partial charge in [-0.3, -0.25) is 0 Å². The first-order chi connectivity index (χ1) is 8.35. The molecule has 3 rings (SSSR count). The smallest absolute Gasteiger partial charge is 0.0661 e. The molecule has 1 aliphatic heterocycles. The van der Waals surface area contributed by atoms with Crippen molar-refractivity contribution in [1.82, 2.24) is 5.32 Å². The zero-order valence-electron chi connectivity index (χ0n) is 10.9. The molecule has 3 heteroatoms. The van der Waals surface area contributed by atoms with E-state index in [1.54, 1.807) is 0 Å². The zero-order chi connectivity index (χ0) is 11.7. The molecule has 0 amide bonds. The molecule has 1 N–H and O–H groups in total. The standard InChI is InChI=1S/C14H25NO2/c1-2-17-13-8-12(14(13)5-3-6-14)15-9-11-4-7-16-10-11/h11-13,15H,2-10H2,1H3. The van der Waals surface area contributed by atoms with Crippen molar-refractivity contribution in [2.24, 2.45) is 11.3 Å². The van der Waals surface area contributed by atoms with E-state index in [4.69, 9.17) is 9.47 Å². The molecule has 17 heavy (non-hydrogen) atoms. The summed E-state index contributed by atoms with van der Waals surface area (Å²) < 4.78 is 11.3. The topological polar surface area (TPSA) is 30.5 Å². The fourth-order valence-corrected chi connectivity index (χ4v) is 3.78. The molecule has 3 unspecified atom stereocenters. The fourth-order valence-electron chi connectivity index (χ4n) is 3.78. The Balaban J connectivity index is 1.48. The van der Waals surface area contributed by atoms with Gasteiger partial charge >= 0.3 is 0 Å². The van der Waals surface area contributed by atoms with Crippen molar-refractivity contribution in [1.29, 1.82) is 0 Å². The van der Waals surface area contributed by atoms with E-state index in [0.717, 1.165) is 32.3 Å². The Morgan fingerprint density at radius 3 is 2.88 bits per heavy atom. The molecule has 3 aliphatic rings. The molecule has 0 aromatic carbocycles. The van der Waals surface area contributed by atoms with Gasteiger partial charge in [-0.05, 0) is 38.5 Å². The van der Waals surface area contributed by atoms with Gasteiger partial charge in [0.05, 0.1) is 12.7 Å². The Bertz CT molecular complexity index is 259. The Labute approximate surface area is 104 Å². The third kappa shape index (κ3) is 2.02. The quantitative estimate of drug-likeness (QED) is 0.795. The first-order valence-corrected chi connectivity index (χ1v) is 7.28. The molecule has 98 valence electrons. The number of hydrogen-bond donors (Lipinski definition) is 1. The molecular weight excluding hydrogens is 214 g/mol. The predicted molar refractivity (Wildman–Crippen MR) is 67.0 cm³/mol. The van der Waals surface area contributed by atoms with E-state index in [2.05, 4.69) is 12.2 Å². The van der Waals surface area contributed by atoms with Crippen LogP contribution in [0.2, 0.25) is 0 Å². The minimum Gasteiger partial charge on any atom is -0.381 e. The van der Waals surface area contributed by atoms with Crippen molar-refractivity contribution in [3.05, 3.63) is 0 Å². The summed E-state index contributed by atoms with van der Waals surface area (Å²) in [6, 6.07) is 0.716. The monoisotopic (exact) mass is 239 g/mol. The molecule has 2 saturated carbocycles. The highest BCUT2D eigenvalue weighted by Crippen LogP contribution is 2.57. The van der Waals surface area contributed by atoms with Crippen LogP contribution in [-0.2, 0) is 9.47 Å². The molecule has 0 aromatic heterocycles. The Hall–Kier alpha value is -0.120. The molecule has 2 aliphatic carbocycles. The maximum absolute atomic E-state index is 5.87. The molecule has 0 radical (unpaired) electrons. The van der Waals surface area contributed by atoms with Gasteiger partial charge in [0.25, 0.3) is 0 Å². The first-order valence-electron chi connectivity index (χ1n) is 7.28. The maximum Gasteiger partial charge on any atom is 0.0661 e. The molecule has 3 fully saturated rings. The molecule has 1 saturated heterocycles. The molecule has 1 heterocycles. The van der Waals surface area contributed by atoms with Crippen LogP contribution in [0.1, 0.15) is 39.0 Å². The van der Waals surface area contributed by atoms with Crippen molar-refractivity contribution < 1.29 is 9.47 Å². The van der Waals surface area contributed by atoms with Crippen LogP contribution >= 0.6 is 0 Å². The van der Waals surface area contributed by atoms with Crippen LogP contribution in [0.5, 0.6) is 0 Å². The normalized spacial score (nSPS) is 39.0. The highest BCUT2D eigenvalue weighted by atomic mass is 16.5. The molecule has 0 aromatic rings. The lowest BCUT2D eigenvalue weighted by atomic mass is 9.51. The first kappa shape index (κ1) is 11.9. The largest absolute Gasteiger partial charge is 0.381 e. The fraction of sp³-hybridized carbons (Fsp3) is 1.00. The lowest BCUT2D eigenvalue weighted by Crippen LogP contribution is -2.67.